The molecule has 0 fully saturated rings. The van der Waals surface area contributed by atoms with Crippen LogP contribution in [0.3, 0.4) is 0 Å². The fraction of sp³-hybridized carbons (Fsp3) is 0.474. The van der Waals surface area contributed by atoms with Gasteiger partial charge >= 0.3 is 6.03 Å². The van der Waals surface area contributed by atoms with Crippen molar-refractivity contribution in [3.8, 4) is 0 Å². The maximum atomic E-state index is 13.0. The lowest BCUT2D eigenvalue weighted by Gasteiger charge is -2.15. The van der Waals surface area contributed by atoms with Gasteiger partial charge in [-0.1, -0.05) is 6.92 Å². The number of carbonyl (C=O) groups is 2. The van der Waals surface area contributed by atoms with Gasteiger partial charge in [0.05, 0.1) is 12.2 Å². The molecule has 4 N–H and O–H groups in total. The van der Waals surface area contributed by atoms with Gasteiger partial charge in [-0.2, -0.15) is 5.10 Å². The first kappa shape index (κ1) is 19.2. The number of fused-ring (bicyclic) bond motifs is 3. The minimum Gasteiger partial charge on any atom is -0.349 e. The standard InChI is InChI=1S/C19H23N7O3S/c1-10-5-6-12-16(10)22-13-4-2-3-11(13)17(12)23-19(28)25-30(20,29)15-9-14-18(27)21-7-8-26(14)24-15/h9-10H,2-8H2,1H3,(H,21,27)(H3,20,22,23,25,28,29). The quantitative estimate of drug-likeness (QED) is 0.662. The molecule has 1 aliphatic heterocycles. The maximum Gasteiger partial charge on any atom is 0.354 e. The van der Waals surface area contributed by atoms with E-state index in [-0.39, 0.29) is 16.6 Å². The molecule has 3 aliphatic rings. The number of anilines is 1. The third kappa shape index (κ3) is 3.08. The summed E-state index contributed by atoms with van der Waals surface area (Å²) in [7, 11) is -3.60. The Morgan fingerprint density at radius 1 is 1.37 bits per heavy atom. The molecule has 3 amide bonds. The predicted octanol–water partition coefficient (Wildman–Crippen LogP) is 1.49. The van der Waals surface area contributed by atoms with E-state index < -0.39 is 15.9 Å². The van der Waals surface area contributed by atoms with E-state index in [2.05, 4.69) is 27.0 Å². The summed E-state index contributed by atoms with van der Waals surface area (Å²) >= 11 is 0. The van der Waals surface area contributed by atoms with Gasteiger partial charge in [-0.25, -0.2) is 14.1 Å². The Labute approximate surface area is 173 Å². The lowest BCUT2D eigenvalue weighted by molar-refractivity contribution is 0.0924. The minimum atomic E-state index is -3.60. The number of nitrogens with one attached hydrogen (secondary N) is 2. The molecule has 2 atom stereocenters. The van der Waals surface area contributed by atoms with Crippen LogP contribution in [0, 0.1) is 0 Å². The zero-order valence-corrected chi connectivity index (χ0v) is 17.4. The summed E-state index contributed by atoms with van der Waals surface area (Å²) in [6, 6.07) is 0.553. The summed E-state index contributed by atoms with van der Waals surface area (Å²) in [4.78, 5) is 29.5. The van der Waals surface area contributed by atoms with Crippen LogP contribution in [0.5, 0.6) is 0 Å². The van der Waals surface area contributed by atoms with Crippen molar-refractivity contribution in [1.29, 1.82) is 0 Å². The first-order valence-electron chi connectivity index (χ1n) is 10.1. The summed E-state index contributed by atoms with van der Waals surface area (Å²) in [6.45, 7) is 3.00. The van der Waals surface area contributed by atoms with Crippen molar-refractivity contribution in [2.75, 3.05) is 11.9 Å². The van der Waals surface area contributed by atoms with E-state index in [1.165, 1.54) is 10.7 Å². The van der Waals surface area contributed by atoms with E-state index in [0.717, 1.165) is 60.3 Å². The number of urea groups is 1. The molecule has 158 valence electrons. The highest BCUT2D eigenvalue weighted by Gasteiger charge is 2.30. The number of pyridine rings is 1. The Balaban J connectivity index is 1.48. The zero-order valence-electron chi connectivity index (χ0n) is 16.6. The molecule has 0 saturated carbocycles. The van der Waals surface area contributed by atoms with Gasteiger partial charge in [-0.3, -0.25) is 14.5 Å². The number of hydrogen-bond donors (Lipinski definition) is 3. The second-order valence-electron chi connectivity index (χ2n) is 8.01. The molecule has 0 saturated heterocycles. The fourth-order valence-corrected chi connectivity index (χ4v) is 5.39. The molecule has 5 rings (SSSR count). The molecule has 2 aliphatic carbocycles. The van der Waals surface area contributed by atoms with Gasteiger partial charge in [0.2, 0.25) is 0 Å². The van der Waals surface area contributed by atoms with Crippen molar-refractivity contribution in [1.82, 2.24) is 20.1 Å². The number of aromatic nitrogens is 3. The normalized spacial score (nSPS) is 21.3. The SMILES string of the molecule is CC1CCc2c1nc1c(c2NC(=O)N=S(N)(=O)c2cc3n(n2)CCNC3=O)CCC1. The molecule has 0 aromatic carbocycles. The van der Waals surface area contributed by atoms with E-state index in [9.17, 15) is 13.8 Å². The highest BCUT2D eigenvalue weighted by molar-refractivity contribution is 7.91. The first-order valence-corrected chi connectivity index (χ1v) is 11.7. The Morgan fingerprint density at radius 2 is 2.20 bits per heavy atom. The molecule has 2 aromatic rings. The van der Waals surface area contributed by atoms with Crippen LogP contribution in [0.4, 0.5) is 10.5 Å². The van der Waals surface area contributed by atoms with Crippen molar-refractivity contribution < 1.29 is 13.8 Å². The molecule has 2 unspecified atom stereocenters. The topological polar surface area (TPSA) is 144 Å². The lowest BCUT2D eigenvalue weighted by atomic mass is 10.0. The zero-order chi connectivity index (χ0) is 21.0. The van der Waals surface area contributed by atoms with Crippen molar-refractivity contribution in [3.63, 3.8) is 0 Å². The third-order valence-corrected chi connectivity index (χ3v) is 7.24. The van der Waals surface area contributed by atoms with E-state index >= 15 is 0 Å². The van der Waals surface area contributed by atoms with Gasteiger partial charge in [0.15, 0.2) is 14.9 Å². The van der Waals surface area contributed by atoms with Crippen molar-refractivity contribution in [3.05, 3.63) is 34.3 Å². The summed E-state index contributed by atoms with van der Waals surface area (Å²) in [5, 5.41) is 15.4. The van der Waals surface area contributed by atoms with Crippen molar-refractivity contribution >= 4 is 27.5 Å². The number of nitrogens with zero attached hydrogens (tertiary/aromatic N) is 4. The molecule has 30 heavy (non-hydrogen) atoms. The monoisotopic (exact) mass is 429 g/mol. The van der Waals surface area contributed by atoms with Crippen LogP contribution in [0.1, 0.15) is 58.7 Å². The van der Waals surface area contributed by atoms with Gasteiger partial charge in [0, 0.05) is 24.0 Å². The van der Waals surface area contributed by atoms with Gasteiger partial charge in [0.1, 0.15) is 5.69 Å². The van der Waals surface area contributed by atoms with Crippen LogP contribution < -0.4 is 15.8 Å². The average Bonchev–Trinajstić information content (AvgIpc) is 3.41. The summed E-state index contributed by atoms with van der Waals surface area (Å²) in [5.41, 5.74) is 5.16. The van der Waals surface area contributed by atoms with Crippen molar-refractivity contribution in [2.45, 2.75) is 56.5 Å². The molecule has 0 bridgehead atoms. The lowest BCUT2D eigenvalue weighted by Crippen LogP contribution is -2.35. The average molecular weight is 430 g/mol. The summed E-state index contributed by atoms with van der Waals surface area (Å²) in [5.74, 6) is 0.0249. The Morgan fingerprint density at radius 3 is 3.00 bits per heavy atom. The minimum absolute atomic E-state index is 0.0801. The molecular weight excluding hydrogens is 406 g/mol. The number of carbonyl (C=O) groups excluding carboxylic acids is 2. The molecular formula is C19H23N7O3S. The third-order valence-electron chi connectivity index (χ3n) is 6.00. The van der Waals surface area contributed by atoms with E-state index in [1.54, 1.807) is 0 Å². The highest BCUT2D eigenvalue weighted by Crippen LogP contribution is 2.41. The van der Waals surface area contributed by atoms with Crippen molar-refractivity contribution in [2.24, 2.45) is 9.50 Å². The van der Waals surface area contributed by atoms with Crippen LogP contribution in [0.25, 0.3) is 0 Å². The van der Waals surface area contributed by atoms with Crippen LogP contribution in [0.2, 0.25) is 0 Å². The smallest absolute Gasteiger partial charge is 0.349 e. The number of nitrogens with two attached hydrogens (primary N) is 1. The largest absolute Gasteiger partial charge is 0.354 e. The van der Waals surface area contributed by atoms with Gasteiger partial charge in [0.25, 0.3) is 5.91 Å². The van der Waals surface area contributed by atoms with E-state index in [0.29, 0.717) is 19.0 Å². The molecule has 0 radical (unpaired) electrons. The molecule has 10 nitrogen and oxygen atoms in total. The second-order valence-corrected chi connectivity index (χ2v) is 9.74. The summed E-state index contributed by atoms with van der Waals surface area (Å²) < 4.78 is 18.1. The molecule has 11 heteroatoms. The Hall–Kier alpha value is -2.79. The maximum absolute atomic E-state index is 13.0. The van der Waals surface area contributed by atoms with Gasteiger partial charge in [-0.05, 0) is 49.1 Å². The number of rotatable bonds is 2. The number of amides is 3. The highest BCUT2D eigenvalue weighted by atomic mass is 32.2. The fourth-order valence-electron chi connectivity index (χ4n) is 4.51. The molecule has 0 spiro atoms. The number of aryl methyl sites for hydroxylation is 1. The van der Waals surface area contributed by atoms with Gasteiger partial charge < -0.3 is 10.6 Å². The Kier molecular flexibility index (Phi) is 4.40. The van der Waals surface area contributed by atoms with Gasteiger partial charge in [-0.15, -0.1) is 4.36 Å². The second kappa shape index (κ2) is 6.88. The van der Waals surface area contributed by atoms with Crippen LogP contribution in [-0.2, 0) is 35.7 Å². The number of hydrogen-bond acceptors (Lipinski definition) is 5. The van der Waals surface area contributed by atoms with Crippen LogP contribution in [0.15, 0.2) is 15.5 Å². The molecule has 3 heterocycles. The summed E-state index contributed by atoms with van der Waals surface area (Å²) in [6.07, 6.45) is 4.57. The van der Waals surface area contributed by atoms with E-state index in [4.69, 9.17) is 10.1 Å². The predicted molar refractivity (Wildman–Crippen MR) is 110 cm³/mol. The first-order chi connectivity index (χ1) is 14.3. The van der Waals surface area contributed by atoms with E-state index in [1.807, 2.05) is 0 Å². The van der Waals surface area contributed by atoms with Crippen LogP contribution in [-0.4, -0.2) is 37.5 Å². The molecule has 2 aromatic heterocycles. The Bertz CT molecular complexity index is 1210. The van der Waals surface area contributed by atoms with Crippen LogP contribution >= 0.6 is 0 Å².